The lowest BCUT2D eigenvalue weighted by molar-refractivity contribution is 0.00883. The normalized spacial score (nSPS) is 23.7. The van der Waals surface area contributed by atoms with Gasteiger partial charge >= 0.3 is 6.09 Å². The molecular weight excluding hydrogens is 468 g/mol. The quantitative estimate of drug-likeness (QED) is 0.564. The van der Waals surface area contributed by atoms with Crippen LogP contribution in [0, 0.1) is 0 Å². The second kappa shape index (κ2) is 10.1. The van der Waals surface area contributed by atoms with Gasteiger partial charge in [-0.1, -0.05) is 0 Å². The van der Waals surface area contributed by atoms with Crippen LogP contribution in [0.3, 0.4) is 0 Å². The molecule has 2 N–H and O–H groups in total. The molecule has 0 aromatic heterocycles. The molecule has 4 unspecified atom stereocenters. The highest BCUT2D eigenvalue weighted by atomic mass is 32.2. The topological polar surface area (TPSA) is 131 Å². The summed E-state index contributed by atoms with van der Waals surface area (Å²) < 4.78 is 61.1. The van der Waals surface area contributed by atoms with E-state index in [1.807, 2.05) is 0 Å². The van der Waals surface area contributed by atoms with Gasteiger partial charge in [-0.05, 0) is 36.4 Å². The third kappa shape index (κ3) is 5.04. The largest absolute Gasteiger partial charge is 0.497 e. The zero-order chi connectivity index (χ0) is 24.3. The van der Waals surface area contributed by atoms with Crippen molar-refractivity contribution < 1.29 is 41.6 Å². The predicted octanol–water partition coefficient (Wildman–Crippen LogP) is 1.77. The molecule has 0 aliphatic carbocycles. The minimum absolute atomic E-state index is 0.0564. The maximum absolute atomic E-state index is 13.1. The number of carbonyl (C=O) groups is 1. The molecule has 4 atom stereocenters. The van der Waals surface area contributed by atoms with Crippen molar-refractivity contribution in [1.82, 2.24) is 4.72 Å². The first kappa shape index (κ1) is 24.1. The number of nitrogens with one attached hydrogen (secondary N) is 2. The standard InChI is InChI=1S/C22H26N2O9S/c1-28-14-6-4-13(5-7-14)23-22(25)33-18-12-32-20-16(11-31-21(18)20)24-34(26,27)19-10-15(29-2)8-9-17(19)30-3/h4-10,16,18,20-21,24H,11-12H2,1-3H3,(H,23,25). The Balaban J connectivity index is 1.38. The van der Waals surface area contributed by atoms with Crippen LogP contribution in [0.4, 0.5) is 10.5 Å². The number of rotatable bonds is 8. The Kier molecular flexibility index (Phi) is 7.12. The number of hydrogen-bond acceptors (Lipinski definition) is 9. The lowest BCUT2D eigenvalue weighted by atomic mass is 10.1. The van der Waals surface area contributed by atoms with E-state index in [0.29, 0.717) is 17.2 Å². The Morgan fingerprint density at radius 1 is 0.912 bits per heavy atom. The summed E-state index contributed by atoms with van der Waals surface area (Å²) in [4.78, 5) is 12.3. The SMILES string of the molecule is COc1ccc(NC(=O)OC2COC3C(NS(=O)(=O)c4cc(OC)ccc4OC)COC23)cc1. The van der Waals surface area contributed by atoms with Gasteiger partial charge in [0.25, 0.3) is 0 Å². The summed E-state index contributed by atoms with van der Waals surface area (Å²) in [5.74, 6) is 1.20. The van der Waals surface area contributed by atoms with Gasteiger partial charge in [-0.3, -0.25) is 5.32 Å². The third-order valence-corrected chi connectivity index (χ3v) is 7.08. The number of ether oxygens (including phenoxy) is 6. The van der Waals surface area contributed by atoms with E-state index >= 15 is 0 Å². The van der Waals surface area contributed by atoms with Crippen molar-refractivity contribution in [3.8, 4) is 17.2 Å². The lowest BCUT2D eigenvalue weighted by Crippen LogP contribution is -2.44. The fourth-order valence-electron chi connectivity index (χ4n) is 3.88. The Morgan fingerprint density at radius 3 is 2.26 bits per heavy atom. The number of carbonyl (C=O) groups excluding carboxylic acids is 1. The van der Waals surface area contributed by atoms with Crippen molar-refractivity contribution in [2.75, 3.05) is 39.9 Å². The average Bonchev–Trinajstić information content (AvgIpc) is 3.42. The number of amides is 1. The van der Waals surface area contributed by atoms with Crippen LogP contribution in [0.5, 0.6) is 17.2 Å². The van der Waals surface area contributed by atoms with Crippen LogP contribution in [0.2, 0.25) is 0 Å². The van der Waals surface area contributed by atoms with E-state index in [4.69, 9.17) is 28.4 Å². The Labute approximate surface area is 197 Å². The van der Waals surface area contributed by atoms with E-state index in [9.17, 15) is 13.2 Å². The average molecular weight is 495 g/mol. The molecule has 12 heteroatoms. The molecule has 11 nitrogen and oxygen atoms in total. The zero-order valence-corrected chi connectivity index (χ0v) is 19.7. The molecule has 2 aliphatic heterocycles. The van der Waals surface area contributed by atoms with Gasteiger partial charge in [0, 0.05) is 11.8 Å². The Bertz CT molecular complexity index is 1120. The lowest BCUT2D eigenvalue weighted by Gasteiger charge is -2.19. The summed E-state index contributed by atoms with van der Waals surface area (Å²) >= 11 is 0. The number of methoxy groups -OCH3 is 3. The molecule has 2 aromatic rings. The van der Waals surface area contributed by atoms with Crippen molar-refractivity contribution in [1.29, 1.82) is 0 Å². The third-order valence-electron chi connectivity index (χ3n) is 5.57. The summed E-state index contributed by atoms with van der Waals surface area (Å²) in [6.45, 7) is 0.132. The molecule has 2 saturated heterocycles. The second-order valence-corrected chi connectivity index (χ2v) is 9.32. The van der Waals surface area contributed by atoms with Crippen LogP contribution in [0.1, 0.15) is 0 Å². The van der Waals surface area contributed by atoms with Crippen molar-refractivity contribution in [3.05, 3.63) is 42.5 Å². The van der Waals surface area contributed by atoms with Gasteiger partial charge in [0.15, 0.2) is 6.10 Å². The van der Waals surface area contributed by atoms with E-state index in [1.165, 1.54) is 26.4 Å². The molecule has 0 spiro atoms. The van der Waals surface area contributed by atoms with Gasteiger partial charge in [-0.25, -0.2) is 17.9 Å². The molecule has 2 aromatic carbocycles. The maximum Gasteiger partial charge on any atom is 0.412 e. The minimum Gasteiger partial charge on any atom is -0.497 e. The van der Waals surface area contributed by atoms with Crippen molar-refractivity contribution in [2.24, 2.45) is 0 Å². The van der Waals surface area contributed by atoms with Crippen molar-refractivity contribution in [3.63, 3.8) is 0 Å². The summed E-state index contributed by atoms with van der Waals surface area (Å²) in [6.07, 6.45) is -2.59. The van der Waals surface area contributed by atoms with Crippen molar-refractivity contribution >= 4 is 21.8 Å². The summed E-state index contributed by atoms with van der Waals surface area (Å²) in [7, 11) is 0.387. The van der Waals surface area contributed by atoms with E-state index in [2.05, 4.69) is 10.0 Å². The fraction of sp³-hybridized carbons (Fsp3) is 0.409. The van der Waals surface area contributed by atoms with Crippen LogP contribution in [0.15, 0.2) is 47.4 Å². The number of benzene rings is 2. The molecule has 4 rings (SSSR count). The van der Waals surface area contributed by atoms with Gasteiger partial charge in [0.1, 0.15) is 34.4 Å². The van der Waals surface area contributed by atoms with Crippen LogP contribution < -0.4 is 24.2 Å². The van der Waals surface area contributed by atoms with E-state index in [0.717, 1.165) is 0 Å². The first-order valence-corrected chi connectivity index (χ1v) is 11.9. The van der Waals surface area contributed by atoms with Gasteiger partial charge in [-0.15, -0.1) is 0 Å². The van der Waals surface area contributed by atoms with Crippen LogP contribution >= 0.6 is 0 Å². The predicted molar refractivity (Wildman–Crippen MR) is 120 cm³/mol. The van der Waals surface area contributed by atoms with Crippen LogP contribution in [0.25, 0.3) is 0 Å². The summed E-state index contributed by atoms with van der Waals surface area (Å²) in [5, 5.41) is 2.63. The van der Waals surface area contributed by atoms with E-state index < -0.39 is 40.5 Å². The fourth-order valence-corrected chi connectivity index (χ4v) is 5.30. The molecular formula is C22H26N2O9S. The van der Waals surface area contributed by atoms with Gasteiger partial charge < -0.3 is 28.4 Å². The first-order valence-electron chi connectivity index (χ1n) is 10.4. The summed E-state index contributed by atoms with van der Waals surface area (Å²) in [5.41, 5.74) is 0.534. The molecule has 0 radical (unpaired) electrons. The van der Waals surface area contributed by atoms with Crippen molar-refractivity contribution in [2.45, 2.75) is 29.2 Å². The minimum atomic E-state index is -3.99. The van der Waals surface area contributed by atoms with Crippen LogP contribution in [-0.2, 0) is 24.2 Å². The Hall–Kier alpha value is -3.06. The maximum atomic E-state index is 13.1. The van der Waals surface area contributed by atoms with E-state index in [1.54, 1.807) is 37.4 Å². The number of fused-ring (bicyclic) bond motifs is 1. The number of hydrogen-bond donors (Lipinski definition) is 2. The summed E-state index contributed by atoms with van der Waals surface area (Å²) in [6, 6.07) is 10.6. The molecule has 2 fully saturated rings. The number of sulfonamides is 1. The van der Waals surface area contributed by atoms with Gasteiger partial charge in [0.05, 0.1) is 40.6 Å². The Morgan fingerprint density at radius 2 is 1.59 bits per heavy atom. The van der Waals surface area contributed by atoms with Crippen LogP contribution in [-0.4, -0.2) is 73.4 Å². The molecule has 2 heterocycles. The van der Waals surface area contributed by atoms with E-state index in [-0.39, 0.29) is 23.9 Å². The molecule has 0 saturated carbocycles. The highest BCUT2D eigenvalue weighted by molar-refractivity contribution is 7.89. The highest BCUT2D eigenvalue weighted by Crippen LogP contribution is 2.32. The molecule has 2 aliphatic rings. The monoisotopic (exact) mass is 494 g/mol. The molecule has 184 valence electrons. The zero-order valence-electron chi connectivity index (χ0n) is 18.8. The highest BCUT2D eigenvalue weighted by Gasteiger charge is 2.50. The molecule has 0 bridgehead atoms. The second-order valence-electron chi connectivity index (χ2n) is 7.64. The smallest absolute Gasteiger partial charge is 0.412 e. The first-order chi connectivity index (χ1) is 16.3. The van der Waals surface area contributed by atoms with Gasteiger partial charge in [0.2, 0.25) is 10.0 Å². The van der Waals surface area contributed by atoms with Gasteiger partial charge in [-0.2, -0.15) is 0 Å². The molecule has 34 heavy (non-hydrogen) atoms. The molecule has 1 amide bonds. The number of anilines is 1.